The molecule has 22 heteroatoms. The molecule has 9 rings (SSSR count). The van der Waals surface area contributed by atoms with Gasteiger partial charge in [0.05, 0.1) is 45.2 Å². The summed E-state index contributed by atoms with van der Waals surface area (Å²) >= 11 is 0. The summed E-state index contributed by atoms with van der Waals surface area (Å²) in [6.45, 7) is 12.7. The van der Waals surface area contributed by atoms with Crippen LogP contribution in [0, 0.1) is 44.3 Å². The van der Waals surface area contributed by atoms with Crippen LogP contribution < -0.4 is 0 Å². The Hall–Kier alpha value is -1.40. The Kier molecular flexibility index (Phi) is 16.9. The first-order valence-electron chi connectivity index (χ1n) is 27.6. The summed E-state index contributed by atoms with van der Waals surface area (Å²) in [6, 6.07) is 0. The van der Waals surface area contributed by atoms with Gasteiger partial charge in [-0.1, -0.05) is 59.3 Å². The summed E-state index contributed by atoms with van der Waals surface area (Å²) in [7, 11) is 0. The fourth-order valence-corrected chi connectivity index (χ4v) is 15.9. The first kappa shape index (κ1) is 59.2. The summed E-state index contributed by atoms with van der Waals surface area (Å²) in [4.78, 5) is 0. The number of fused-ring (bicyclic) bond motifs is 6. The van der Waals surface area contributed by atoms with Crippen LogP contribution in [-0.4, -0.2) is 233 Å². The molecular formula is C54H88O22. The summed E-state index contributed by atoms with van der Waals surface area (Å²) < 4.78 is 49.1. The highest BCUT2D eigenvalue weighted by atomic mass is 16.8. The van der Waals surface area contributed by atoms with E-state index in [1.165, 1.54) is 18.1 Å². The van der Waals surface area contributed by atoms with Gasteiger partial charge < -0.3 is 109 Å². The first-order chi connectivity index (χ1) is 35.7. The van der Waals surface area contributed by atoms with E-state index in [0.29, 0.717) is 12.8 Å². The van der Waals surface area contributed by atoms with Crippen molar-refractivity contribution < 1.29 is 109 Å². The van der Waals surface area contributed by atoms with E-state index < -0.39 is 154 Å². The van der Waals surface area contributed by atoms with Gasteiger partial charge in [-0.05, 0) is 104 Å². The Morgan fingerprint density at radius 3 is 1.62 bits per heavy atom. The van der Waals surface area contributed by atoms with E-state index >= 15 is 0 Å². The minimum absolute atomic E-state index is 0.0951. The summed E-state index contributed by atoms with van der Waals surface area (Å²) in [5.41, 5.74) is 1.14. The van der Waals surface area contributed by atoms with Crippen molar-refractivity contribution in [1.82, 2.24) is 0 Å². The van der Waals surface area contributed by atoms with Crippen molar-refractivity contribution in [3.63, 3.8) is 0 Å². The SMILES string of the molecule is C[C@H]1O[C@@H](O[C@H]2CC[C@@]3(C)[C@@H](CC[C@]4(C)[C@@H]3C=CC3=C5CC(C)(C)CC[C@]5(CO)CC[C@]34C)[C@]2(C)CO)[C@H](O[C@@H]2O[C@H](CO)[C@@H](O)[C@H](O)[C@H]2O)[C@@H](O[C@@H]2O[C@H](CO)[C@@H](O[C@@H]3O[C@H](CO)[C@@H](O)[C@H](O)[C@H]3O)[C@H](O)[C@H]2O)[C@H]1O. The fraction of sp³-hybridized carbons (Fsp3) is 0.926. The Morgan fingerprint density at radius 1 is 0.513 bits per heavy atom. The van der Waals surface area contributed by atoms with Gasteiger partial charge in [0.15, 0.2) is 25.2 Å². The topological polar surface area (TPSA) is 357 Å². The third kappa shape index (κ3) is 9.53. The first-order valence-corrected chi connectivity index (χ1v) is 27.6. The van der Waals surface area contributed by atoms with Gasteiger partial charge >= 0.3 is 0 Å². The minimum Gasteiger partial charge on any atom is -0.396 e. The molecule has 0 aromatic heterocycles. The summed E-state index contributed by atoms with van der Waals surface area (Å²) in [5.74, 6) is 0.0174. The van der Waals surface area contributed by atoms with Gasteiger partial charge in [-0.3, -0.25) is 0 Å². The van der Waals surface area contributed by atoms with Gasteiger partial charge in [0.25, 0.3) is 0 Å². The van der Waals surface area contributed by atoms with Crippen LogP contribution in [0.15, 0.2) is 23.3 Å². The predicted molar refractivity (Wildman–Crippen MR) is 263 cm³/mol. The number of rotatable bonds is 13. The number of hydrogen-bond donors (Lipinski definition) is 14. The number of hydrogen-bond acceptors (Lipinski definition) is 22. The molecule has 9 aliphatic rings. The van der Waals surface area contributed by atoms with E-state index in [1.54, 1.807) is 0 Å². The maximum atomic E-state index is 11.9. The highest BCUT2D eigenvalue weighted by Gasteiger charge is 2.68. The quantitative estimate of drug-likeness (QED) is 0.0920. The average molecular weight is 1090 g/mol. The van der Waals surface area contributed by atoms with E-state index in [4.69, 9.17) is 37.9 Å². The monoisotopic (exact) mass is 1090 g/mol. The molecule has 0 aromatic rings. The molecule has 436 valence electrons. The van der Waals surface area contributed by atoms with Crippen LogP contribution in [0.4, 0.5) is 0 Å². The maximum Gasteiger partial charge on any atom is 0.187 e. The normalized spacial score (nSPS) is 54.3. The zero-order chi connectivity index (χ0) is 55.4. The van der Waals surface area contributed by atoms with Gasteiger partial charge in [-0.25, -0.2) is 0 Å². The number of aliphatic hydroxyl groups excluding tert-OH is 14. The van der Waals surface area contributed by atoms with Crippen LogP contribution in [0.2, 0.25) is 0 Å². The smallest absolute Gasteiger partial charge is 0.187 e. The van der Waals surface area contributed by atoms with E-state index in [1.807, 2.05) is 6.92 Å². The Morgan fingerprint density at radius 2 is 1.05 bits per heavy atom. The van der Waals surface area contributed by atoms with Gasteiger partial charge in [0.1, 0.15) is 91.6 Å². The van der Waals surface area contributed by atoms with Crippen molar-refractivity contribution in [3.8, 4) is 0 Å². The van der Waals surface area contributed by atoms with Crippen LogP contribution >= 0.6 is 0 Å². The molecule has 0 spiro atoms. The van der Waals surface area contributed by atoms with E-state index in [-0.39, 0.29) is 52.1 Å². The molecule has 0 aromatic carbocycles. The van der Waals surface area contributed by atoms with Gasteiger partial charge in [0.2, 0.25) is 0 Å². The maximum absolute atomic E-state index is 11.9. The lowest BCUT2D eigenvalue weighted by atomic mass is 9.35. The van der Waals surface area contributed by atoms with Gasteiger partial charge in [-0.2, -0.15) is 0 Å². The summed E-state index contributed by atoms with van der Waals surface area (Å²) in [6.07, 6.45) is -22.8. The molecule has 0 amide bonds. The second-order valence-electron chi connectivity index (χ2n) is 25.8. The molecule has 4 saturated heterocycles. The molecule has 5 aliphatic carbocycles. The largest absolute Gasteiger partial charge is 0.396 e. The van der Waals surface area contributed by atoms with Crippen molar-refractivity contribution in [1.29, 1.82) is 0 Å². The number of allylic oxidation sites excluding steroid dienone is 3. The van der Waals surface area contributed by atoms with Crippen LogP contribution in [0.1, 0.15) is 106 Å². The Labute approximate surface area is 444 Å². The van der Waals surface area contributed by atoms with Crippen LogP contribution in [-0.2, 0) is 37.9 Å². The minimum atomic E-state index is -2.05. The van der Waals surface area contributed by atoms with Crippen LogP contribution in [0.5, 0.6) is 0 Å². The molecule has 7 fully saturated rings. The molecule has 4 aliphatic heterocycles. The highest BCUT2D eigenvalue weighted by molar-refractivity contribution is 5.46. The highest BCUT2D eigenvalue weighted by Crippen LogP contribution is 2.74. The zero-order valence-electron chi connectivity index (χ0n) is 44.9. The molecule has 14 N–H and O–H groups in total. The fourth-order valence-electron chi connectivity index (χ4n) is 15.9. The molecule has 28 atom stereocenters. The van der Waals surface area contributed by atoms with Crippen LogP contribution in [0.25, 0.3) is 0 Å². The third-order valence-corrected chi connectivity index (χ3v) is 21.0. The van der Waals surface area contributed by atoms with Crippen LogP contribution in [0.3, 0.4) is 0 Å². The molecule has 0 radical (unpaired) electrons. The average Bonchev–Trinajstić information content (AvgIpc) is 3.56. The molecule has 3 saturated carbocycles. The Bertz CT molecular complexity index is 2090. The zero-order valence-corrected chi connectivity index (χ0v) is 44.9. The standard InChI is InChI=1S/C54H88O22/c1-24-33(60)43(75-47-41(68)38(65)42(29(21-57)72-47)74-45-39(66)36(63)34(61)27(19-55)70-45)44(76-46-40(67)37(64)35(62)28(20-56)71-46)48(69-24)73-32-11-12-50(4)30(51(32,5)22-58)10-13-53(7)31(50)9-8-25-26-18-49(2,3)14-16-54(26,23-59)17-15-52(25,53)6/h8-9,24,27-48,55-68H,10-23H2,1-7H3/t24-,27-,28-,29-,30-,31-,32+,33+,34-,35-,36+,37+,38-,39-,40-,41-,42-,43+,44-,45+,46+,47+,48+,50+,51+,52-,53-,54-/m1/s1. The van der Waals surface area contributed by atoms with Crippen molar-refractivity contribution in [2.24, 2.45) is 44.3 Å². The van der Waals surface area contributed by atoms with Crippen molar-refractivity contribution in [3.05, 3.63) is 23.3 Å². The molecule has 76 heavy (non-hydrogen) atoms. The Balaban J connectivity index is 1.00. The number of aliphatic hydroxyl groups is 14. The summed E-state index contributed by atoms with van der Waals surface area (Å²) in [5, 5.41) is 152. The molecular weight excluding hydrogens is 1000 g/mol. The lowest BCUT2D eigenvalue weighted by Gasteiger charge is -2.70. The molecule has 0 unspecified atom stereocenters. The van der Waals surface area contributed by atoms with Crippen molar-refractivity contribution in [2.45, 2.75) is 235 Å². The van der Waals surface area contributed by atoms with E-state index in [2.05, 4.69) is 46.8 Å². The van der Waals surface area contributed by atoms with Gasteiger partial charge in [-0.15, -0.1) is 0 Å². The molecule has 0 bridgehead atoms. The van der Waals surface area contributed by atoms with Crippen molar-refractivity contribution >= 4 is 0 Å². The van der Waals surface area contributed by atoms with E-state index in [9.17, 15) is 71.5 Å². The number of ether oxygens (including phenoxy) is 8. The second kappa shape index (κ2) is 21.7. The van der Waals surface area contributed by atoms with E-state index in [0.717, 1.165) is 44.9 Å². The third-order valence-electron chi connectivity index (χ3n) is 21.0. The molecule has 22 nitrogen and oxygen atoms in total. The molecule has 4 heterocycles. The van der Waals surface area contributed by atoms with Crippen molar-refractivity contribution in [2.75, 3.05) is 33.0 Å². The lowest BCUT2D eigenvalue weighted by molar-refractivity contribution is -0.403. The predicted octanol–water partition coefficient (Wildman–Crippen LogP) is -1.64. The lowest BCUT2D eigenvalue weighted by Crippen LogP contribution is -2.68. The van der Waals surface area contributed by atoms with Gasteiger partial charge in [0, 0.05) is 10.8 Å². The second-order valence-corrected chi connectivity index (χ2v) is 25.8.